The van der Waals surface area contributed by atoms with Gasteiger partial charge in [-0.05, 0) is 41.0 Å². The fourth-order valence-electron chi connectivity index (χ4n) is 4.79. The Morgan fingerprint density at radius 1 is 0.925 bits per heavy atom. The molecule has 1 atom stereocenters. The monoisotopic (exact) mass is 551 g/mol. The third-order valence-corrected chi connectivity index (χ3v) is 7.29. The van der Waals surface area contributed by atoms with Crippen molar-refractivity contribution >= 4 is 29.2 Å². The topological polar surface area (TPSA) is 61.9 Å². The molecular formula is C33H30ClN3O3. The third-order valence-electron chi connectivity index (χ3n) is 6.92. The van der Waals surface area contributed by atoms with Crippen LogP contribution in [-0.4, -0.2) is 41.9 Å². The number of benzene rings is 4. The highest BCUT2D eigenvalue weighted by atomic mass is 35.5. The highest BCUT2D eigenvalue weighted by molar-refractivity contribution is 6.31. The Kier molecular flexibility index (Phi) is 8.47. The van der Waals surface area contributed by atoms with Gasteiger partial charge in [-0.25, -0.2) is 4.79 Å². The van der Waals surface area contributed by atoms with Crippen LogP contribution in [0.5, 0.6) is 5.75 Å². The van der Waals surface area contributed by atoms with Crippen molar-refractivity contribution in [1.29, 1.82) is 0 Å². The van der Waals surface area contributed by atoms with E-state index in [0.717, 1.165) is 28.0 Å². The van der Waals surface area contributed by atoms with E-state index in [4.69, 9.17) is 16.3 Å². The molecule has 0 bridgehead atoms. The van der Waals surface area contributed by atoms with E-state index in [1.54, 1.807) is 12.0 Å². The van der Waals surface area contributed by atoms with Gasteiger partial charge in [0.25, 0.3) is 0 Å². The molecule has 7 heteroatoms. The molecular weight excluding hydrogens is 522 g/mol. The van der Waals surface area contributed by atoms with Gasteiger partial charge in [0, 0.05) is 23.7 Å². The van der Waals surface area contributed by atoms with Crippen LogP contribution in [-0.2, 0) is 11.3 Å². The number of halogens is 1. The fourth-order valence-corrected chi connectivity index (χ4v) is 4.99. The van der Waals surface area contributed by atoms with Crippen molar-refractivity contribution in [2.24, 2.45) is 0 Å². The molecule has 0 aromatic heterocycles. The molecule has 40 heavy (non-hydrogen) atoms. The average Bonchev–Trinajstić information content (AvgIpc) is 2.98. The second-order valence-electron chi connectivity index (χ2n) is 9.48. The van der Waals surface area contributed by atoms with E-state index in [9.17, 15) is 9.59 Å². The zero-order valence-electron chi connectivity index (χ0n) is 22.2. The number of rotatable bonds is 6. The molecule has 0 saturated carbocycles. The van der Waals surface area contributed by atoms with Gasteiger partial charge in [0.15, 0.2) is 0 Å². The number of ether oxygens (including phenoxy) is 1. The van der Waals surface area contributed by atoms with E-state index in [2.05, 4.69) is 5.32 Å². The second-order valence-corrected chi connectivity index (χ2v) is 9.89. The number of amides is 3. The number of carbonyl (C=O) groups is 2. The maximum atomic E-state index is 13.8. The van der Waals surface area contributed by atoms with E-state index < -0.39 is 0 Å². The van der Waals surface area contributed by atoms with Crippen LogP contribution < -0.4 is 10.1 Å². The highest BCUT2D eigenvalue weighted by Crippen LogP contribution is 2.31. The van der Waals surface area contributed by atoms with Gasteiger partial charge in [0.05, 0.1) is 18.8 Å². The zero-order chi connectivity index (χ0) is 27.9. The van der Waals surface area contributed by atoms with Crippen LogP contribution in [0.1, 0.15) is 17.2 Å². The van der Waals surface area contributed by atoms with Gasteiger partial charge in [-0.15, -0.1) is 0 Å². The third kappa shape index (κ3) is 6.19. The van der Waals surface area contributed by atoms with Gasteiger partial charge in [-0.3, -0.25) is 4.79 Å². The number of nitrogens with one attached hydrogen (secondary N) is 1. The molecule has 0 spiro atoms. The summed E-state index contributed by atoms with van der Waals surface area (Å²) in [7, 11) is 1.62. The summed E-state index contributed by atoms with van der Waals surface area (Å²) in [5.74, 6) is 0.553. The number of hydrogen-bond donors (Lipinski definition) is 1. The molecule has 0 radical (unpaired) electrons. The summed E-state index contributed by atoms with van der Waals surface area (Å²) in [6.45, 7) is 0.504. The number of urea groups is 1. The number of carbonyl (C=O) groups excluding carboxylic acids is 2. The van der Waals surface area contributed by atoms with Crippen LogP contribution in [0.2, 0.25) is 5.02 Å². The first kappa shape index (κ1) is 27.0. The zero-order valence-corrected chi connectivity index (χ0v) is 22.9. The lowest BCUT2D eigenvalue weighted by Crippen LogP contribution is -2.46. The Hall–Kier alpha value is -4.55. The first-order valence-corrected chi connectivity index (χ1v) is 13.4. The molecule has 1 heterocycles. The number of para-hydroxylation sites is 1. The fraction of sp³-hybridized carbons (Fsp3) is 0.152. The Balaban J connectivity index is 1.42. The molecule has 3 amide bonds. The van der Waals surface area contributed by atoms with Crippen LogP contribution in [0.4, 0.5) is 10.5 Å². The lowest BCUT2D eigenvalue weighted by atomic mass is 10.0. The molecule has 202 valence electrons. The molecule has 0 aliphatic carbocycles. The van der Waals surface area contributed by atoms with Gasteiger partial charge >= 0.3 is 6.03 Å². The minimum absolute atomic E-state index is 0.0826. The minimum atomic E-state index is -0.345. The lowest BCUT2D eigenvalue weighted by molar-refractivity contribution is -0.134. The summed E-state index contributed by atoms with van der Waals surface area (Å²) in [4.78, 5) is 30.6. The molecule has 4 aromatic carbocycles. The summed E-state index contributed by atoms with van der Waals surface area (Å²) in [6.07, 6.45) is 3.90. The standard InChI is InChI=1S/C33H30ClN3O3/c1-40-27-19-17-25(18-20-27)31-16-9-21-36(23-32(38)37(31)22-26-12-5-7-14-29(26)34)33(39)35-30-15-8-6-13-28(30)24-10-3-2-4-11-24/h2-20,31H,21-23H2,1H3,(H,35,39)/b16-9-. The Morgan fingerprint density at radius 2 is 1.62 bits per heavy atom. The average molecular weight is 552 g/mol. The Bertz CT molecular complexity index is 1510. The second kappa shape index (κ2) is 12.5. The number of nitrogens with zero attached hydrogens (tertiary/aromatic N) is 2. The molecule has 6 nitrogen and oxygen atoms in total. The van der Waals surface area contributed by atoms with E-state index in [1.807, 2.05) is 115 Å². The molecule has 1 aliphatic rings. The number of hydrogen-bond acceptors (Lipinski definition) is 3. The summed E-state index contributed by atoms with van der Waals surface area (Å²) >= 11 is 6.49. The van der Waals surface area contributed by atoms with Gasteiger partial charge in [0.1, 0.15) is 12.3 Å². The molecule has 0 fully saturated rings. The summed E-state index contributed by atoms with van der Waals surface area (Å²) in [5, 5.41) is 3.61. The van der Waals surface area contributed by atoms with Crippen LogP contribution in [0, 0.1) is 0 Å². The lowest BCUT2D eigenvalue weighted by Gasteiger charge is -2.35. The summed E-state index contributed by atoms with van der Waals surface area (Å²) in [5.41, 5.74) is 4.35. The predicted octanol–water partition coefficient (Wildman–Crippen LogP) is 7.19. The van der Waals surface area contributed by atoms with E-state index in [-0.39, 0.29) is 31.1 Å². The number of methoxy groups -OCH3 is 1. The van der Waals surface area contributed by atoms with Crippen LogP contribution >= 0.6 is 11.6 Å². The summed E-state index contributed by atoms with van der Waals surface area (Å²) in [6, 6.07) is 32.0. The molecule has 1 unspecified atom stereocenters. The normalized spacial score (nSPS) is 16.1. The van der Waals surface area contributed by atoms with Crippen molar-refractivity contribution in [2.45, 2.75) is 12.6 Å². The van der Waals surface area contributed by atoms with Crippen molar-refractivity contribution in [3.8, 4) is 16.9 Å². The van der Waals surface area contributed by atoms with Gasteiger partial charge in [0.2, 0.25) is 5.91 Å². The maximum Gasteiger partial charge on any atom is 0.322 e. The Morgan fingerprint density at radius 3 is 2.38 bits per heavy atom. The van der Waals surface area contributed by atoms with Crippen molar-refractivity contribution in [2.75, 3.05) is 25.5 Å². The smallest absolute Gasteiger partial charge is 0.322 e. The first-order valence-electron chi connectivity index (χ1n) is 13.1. The van der Waals surface area contributed by atoms with E-state index in [0.29, 0.717) is 17.3 Å². The molecule has 1 N–H and O–H groups in total. The predicted molar refractivity (Wildman–Crippen MR) is 159 cm³/mol. The molecule has 1 aliphatic heterocycles. The molecule has 5 rings (SSSR count). The Labute approximate surface area is 239 Å². The quantitative estimate of drug-likeness (QED) is 0.258. The minimum Gasteiger partial charge on any atom is -0.497 e. The van der Waals surface area contributed by atoms with Crippen LogP contribution in [0.25, 0.3) is 11.1 Å². The number of anilines is 1. The maximum absolute atomic E-state index is 13.8. The van der Waals surface area contributed by atoms with Gasteiger partial charge < -0.3 is 19.9 Å². The molecule has 4 aromatic rings. The molecule has 0 saturated heterocycles. The van der Waals surface area contributed by atoms with Crippen molar-refractivity contribution in [3.05, 3.63) is 131 Å². The highest BCUT2D eigenvalue weighted by Gasteiger charge is 2.29. The van der Waals surface area contributed by atoms with E-state index >= 15 is 0 Å². The van der Waals surface area contributed by atoms with Gasteiger partial charge in [-0.2, -0.15) is 0 Å². The van der Waals surface area contributed by atoms with Crippen molar-refractivity contribution < 1.29 is 14.3 Å². The summed E-state index contributed by atoms with van der Waals surface area (Å²) < 4.78 is 5.32. The van der Waals surface area contributed by atoms with E-state index in [1.165, 1.54) is 4.90 Å². The van der Waals surface area contributed by atoms with Crippen LogP contribution in [0.15, 0.2) is 115 Å². The van der Waals surface area contributed by atoms with Gasteiger partial charge in [-0.1, -0.05) is 103 Å². The largest absolute Gasteiger partial charge is 0.497 e. The van der Waals surface area contributed by atoms with Crippen LogP contribution in [0.3, 0.4) is 0 Å². The van der Waals surface area contributed by atoms with Crippen molar-refractivity contribution in [1.82, 2.24) is 9.80 Å². The SMILES string of the molecule is COc1ccc(C2/C=C\CN(C(=O)Nc3ccccc3-c3ccccc3)CC(=O)N2Cc2ccccc2Cl)cc1. The first-order chi connectivity index (χ1) is 19.5. The van der Waals surface area contributed by atoms with Crippen molar-refractivity contribution in [3.63, 3.8) is 0 Å².